The molecule has 8 heteroatoms. The molecule has 0 radical (unpaired) electrons. The summed E-state index contributed by atoms with van der Waals surface area (Å²) in [5.74, 6) is -1.27. The van der Waals surface area contributed by atoms with Crippen LogP contribution in [-0.4, -0.2) is 43.2 Å². The first kappa shape index (κ1) is 25.4. The fourth-order valence-electron chi connectivity index (χ4n) is 5.72. The van der Waals surface area contributed by atoms with Crippen LogP contribution in [0.4, 0.5) is 5.69 Å². The van der Waals surface area contributed by atoms with Crippen LogP contribution in [0.25, 0.3) is 0 Å². The fraction of sp³-hybridized carbons (Fsp3) is 0.429. The molecular weight excluding hydrogens is 458 g/mol. The van der Waals surface area contributed by atoms with E-state index in [9.17, 15) is 19.6 Å². The van der Waals surface area contributed by atoms with E-state index in [0.29, 0.717) is 42.8 Å². The van der Waals surface area contributed by atoms with Gasteiger partial charge in [-0.1, -0.05) is 19.1 Å². The van der Waals surface area contributed by atoms with Crippen molar-refractivity contribution in [3.8, 4) is 6.07 Å². The Morgan fingerprint density at radius 3 is 2.75 bits per heavy atom. The standard InChI is InChI=1S/C28H31N3O5/c1-17-25(27(35)31-23-14-18(16-29)6-7-20(23)4-3-5-24(32)33)28(17)11-10-19-8-9-21(15-22(19)28)26(34)30-12-13-36-2/h6-9,14-15,17,25H,3-5,10-13H2,1-2H3,(H,30,34)(H,31,35)(H,32,33)/t17?,25?,28-/m0/s1. The summed E-state index contributed by atoms with van der Waals surface area (Å²) in [6.45, 7) is 2.94. The van der Waals surface area contributed by atoms with Crippen molar-refractivity contribution in [3.05, 3.63) is 64.2 Å². The summed E-state index contributed by atoms with van der Waals surface area (Å²) in [6, 6.07) is 13.0. The van der Waals surface area contributed by atoms with Crippen LogP contribution >= 0.6 is 0 Å². The Morgan fingerprint density at radius 2 is 2.03 bits per heavy atom. The average Bonchev–Trinajstić information content (AvgIpc) is 3.28. The second-order valence-corrected chi connectivity index (χ2v) is 9.65. The number of methoxy groups -OCH3 is 1. The van der Waals surface area contributed by atoms with E-state index in [2.05, 4.69) is 23.6 Å². The number of rotatable bonds is 10. The van der Waals surface area contributed by atoms with E-state index in [0.717, 1.165) is 24.0 Å². The summed E-state index contributed by atoms with van der Waals surface area (Å²) in [5.41, 5.74) is 4.32. The van der Waals surface area contributed by atoms with Gasteiger partial charge < -0.3 is 20.5 Å². The van der Waals surface area contributed by atoms with Gasteiger partial charge >= 0.3 is 5.97 Å². The number of aliphatic carboxylic acids is 1. The Hall–Kier alpha value is -3.70. The number of nitriles is 1. The first-order valence-corrected chi connectivity index (χ1v) is 12.3. The van der Waals surface area contributed by atoms with Gasteiger partial charge in [-0.3, -0.25) is 14.4 Å². The number of aryl methyl sites for hydroxylation is 2. The van der Waals surface area contributed by atoms with Crippen molar-refractivity contribution in [1.29, 1.82) is 5.26 Å². The van der Waals surface area contributed by atoms with Crippen LogP contribution < -0.4 is 10.6 Å². The molecule has 2 aromatic carbocycles. The molecular formula is C28H31N3O5. The predicted molar refractivity (Wildman–Crippen MR) is 134 cm³/mol. The number of carbonyl (C=O) groups is 3. The van der Waals surface area contributed by atoms with Crippen LogP contribution in [0.2, 0.25) is 0 Å². The molecule has 0 aromatic heterocycles. The number of benzene rings is 2. The van der Waals surface area contributed by atoms with E-state index < -0.39 is 5.97 Å². The lowest BCUT2D eigenvalue weighted by Gasteiger charge is -2.15. The van der Waals surface area contributed by atoms with Gasteiger partial charge in [0.15, 0.2) is 0 Å². The lowest BCUT2D eigenvalue weighted by molar-refractivity contribution is -0.137. The van der Waals surface area contributed by atoms with Crippen LogP contribution in [0.3, 0.4) is 0 Å². The average molecular weight is 490 g/mol. The van der Waals surface area contributed by atoms with Gasteiger partial charge in [-0.05, 0) is 72.6 Å². The number of hydrogen-bond donors (Lipinski definition) is 3. The van der Waals surface area contributed by atoms with E-state index >= 15 is 0 Å². The number of anilines is 1. The van der Waals surface area contributed by atoms with Crippen LogP contribution in [0.1, 0.15) is 58.8 Å². The highest BCUT2D eigenvalue weighted by Crippen LogP contribution is 2.66. The number of ether oxygens (including phenoxy) is 1. The maximum atomic E-state index is 13.5. The molecule has 0 heterocycles. The van der Waals surface area contributed by atoms with Gasteiger partial charge in [-0.25, -0.2) is 0 Å². The van der Waals surface area contributed by atoms with Crippen molar-refractivity contribution in [2.24, 2.45) is 11.8 Å². The third-order valence-electron chi connectivity index (χ3n) is 7.65. The zero-order valence-corrected chi connectivity index (χ0v) is 20.6. The van der Waals surface area contributed by atoms with E-state index in [1.165, 1.54) is 5.56 Å². The van der Waals surface area contributed by atoms with Crippen molar-refractivity contribution < 1.29 is 24.2 Å². The monoisotopic (exact) mass is 489 g/mol. The summed E-state index contributed by atoms with van der Waals surface area (Å²) in [6.07, 6.45) is 2.67. The summed E-state index contributed by atoms with van der Waals surface area (Å²) in [5, 5.41) is 24.2. The molecule has 188 valence electrons. The van der Waals surface area contributed by atoms with Crippen molar-refractivity contribution in [2.75, 3.05) is 25.6 Å². The van der Waals surface area contributed by atoms with Crippen molar-refractivity contribution in [2.45, 2.75) is 44.4 Å². The molecule has 8 nitrogen and oxygen atoms in total. The maximum Gasteiger partial charge on any atom is 0.303 e. The number of carboxylic acid groups (broad SMARTS) is 1. The molecule has 1 saturated carbocycles. The maximum absolute atomic E-state index is 13.5. The minimum absolute atomic E-state index is 0.0360. The normalized spacial score (nSPS) is 21.5. The SMILES string of the molecule is COCCNC(=O)c1ccc2c(c1)[C@]1(CC2)C(C)C1C(=O)Nc1cc(C#N)ccc1CCCC(=O)O. The van der Waals surface area contributed by atoms with Gasteiger partial charge in [-0.2, -0.15) is 5.26 Å². The van der Waals surface area contributed by atoms with E-state index in [-0.39, 0.29) is 35.5 Å². The molecule has 3 atom stereocenters. The topological polar surface area (TPSA) is 129 Å². The first-order chi connectivity index (χ1) is 17.3. The molecule has 2 unspecified atom stereocenters. The van der Waals surface area contributed by atoms with Crippen molar-refractivity contribution >= 4 is 23.5 Å². The third-order valence-corrected chi connectivity index (χ3v) is 7.65. The fourth-order valence-corrected chi connectivity index (χ4v) is 5.72. The second-order valence-electron chi connectivity index (χ2n) is 9.65. The highest BCUT2D eigenvalue weighted by Gasteiger charge is 2.68. The molecule has 3 N–H and O–H groups in total. The Kier molecular flexibility index (Phi) is 7.41. The van der Waals surface area contributed by atoms with Crippen LogP contribution in [0, 0.1) is 23.2 Å². The van der Waals surface area contributed by atoms with E-state index in [4.69, 9.17) is 9.84 Å². The Balaban J connectivity index is 1.53. The summed E-state index contributed by atoms with van der Waals surface area (Å²) in [4.78, 5) is 37.0. The molecule has 36 heavy (non-hydrogen) atoms. The Morgan fingerprint density at radius 1 is 1.22 bits per heavy atom. The Bertz CT molecular complexity index is 1230. The zero-order chi connectivity index (χ0) is 25.9. The molecule has 4 rings (SSSR count). The number of hydrogen-bond acceptors (Lipinski definition) is 5. The molecule has 0 bridgehead atoms. The predicted octanol–water partition coefficient (Wildman–Crippen LogP) is 3.43. The lowest BCUT2D eigenvalue weighted by Crippen LogP contribution is -2.27. The highest BCUT2D eigenvalue weighted by atomic mass is 16.5. The van der Waals surface area contributed by atoms with Gasteiger partial charge in [0.05, 0.1) is 24.2 Å². The molecule has 1 spiro atoms. The summed E-state index contributed by atoms with van der Waals surface area (Å²) < 4.78 is 5.00. The smallest absolute Gasteiger partial charge is 0.303 e. The zero-order valence-electron chi connectivity index (χ0n) is 20.6. The lowest BCUT2D eigenvalue weighted by atomic mass is 9.92. The van der Waals surface area contributed by atoms with Crippen molar-refractivity contribution in [1.82, 2.24) is 5.32 Å². The quantitative estimate of drug-likeness (QED) is 0.439. The number of nitrogens with one attached hydrogen (secondary N) is 2. The number of amides is 2. The molecule has 1 fully saturated rings. The number of nitrogens with zero attached hydrogens (tertiary/aromatic N) is 1. The van der Waals surface area contributed by atoms with Crippen molar-refractivity contribution in [3.63, 3.8) is 0 Å². The highest BCUT2D eigenvalue weighted by molar-refractivity contribution is 5.98. The molecule has 0 saturated heterocycles. The number of fused-ring (bicyclic) bond motifs is 2. The molecule has 2 amide bonds. The van der Waals surface area contributed by atoms with Crippen LogP contribution in [0.5, 0.6) is 0 Å². The Labute approximate surface area is 210 Å². The summed E-state index contributed by atoms with van der Waals surface area (Å²) >= 11 is 0. The summed E-state index contributed by atoms with van der Waals surface area (Å²) in [7, 11) is 1.58. The number of carbonyl (C=O) groups excluding carboxylic acids is 2. The van der Waals surface area contributed by atoms with Crippen LogP contribution in [0.15, 0.2) is 36.4 Å². The molecule has 2 aliphatic rings. The van der Waals surface area contributed by atoms with Gasteiger partial charge in [0.1, 0.15) is 0 Å². The second kappa shape index (κ2) is 10.5. The van der Waals surface area contributed by atoms with Gasteiger partial charge in [0.25, 0.3) is 5.91 Å². The molecule has 0 aliphatic heterocycles. The van der Waals surface area contributed by atoms with E-state index in [1.54, 1.807) is 25.3 Å². The third kappa shape index (κ3) is 4.84. The largest absolute Gasteiger partial charge is 0.481 e. The van der Waals surface area contributed by atoms with Gasteiger partial charge in [0, 0.05) is 36.7 Å². The first-order valence-electron chi connectivity index (χ1n) is 12.3. The van der Waals surface area contributed by atoms with Crippen LogP contribution in [-0.2, 0) is 32.6 Å². The molecule has 2 aromatic rings. The van der Waals surface area contributed by atoms with Gasteiger partial charge in [0.2, 0.25) is 5.91 Å². The minimum Gasteiger partial charge on any atom is -0.481 e. The van der Waals surface area contributed by atoms with E-state index in [1.807, 2.05) is 18.2 Å². The number of carboxylic acids is 1. The minimum atomic E-state index is -0.866. The molecule has 2 aliphatic carbocycles. The van der Waals surface area contributed by atoms with Gasteiger partial charge in [-0.15, -0.1) is 0 Å².